The third-order valence-corrected chi connectivity index (χ3v) is 11.3. The highest BCUT2D eigenvalue weighted by Crippen LogP contribution is 2.67. The van der Waals surface area contributed by atoms with Crippen molar-refractivity contribution in [1.29, 1.82) is 0 Å². The third-order valence-electron chi connectivity index (χ3n) is 11.3. The summed E-state index contributed by atoms with van der Waals surface area (Å²) in [6.07, 6.45) is 13.7. The van der Waals surface area contributed by atoms with Crippen LogP contribution in [0.4, 0.5) is 0 Å². The van der Waals surface area contributed by atoms with Crippen LogP contribution in [0.1, 0.15) is 65.2 Å². The van der Waals surface area contributed by atoms with Gasteiger partial charge in [0.05, 0.1) is 5.92 Å². The van der Waals surface area contributed by atoms with E-state index in [1.165, 1.54) is 44.9 Å². The summed E-state index contributed by atoms with van der Waals surface area (Å²) in [5.74, 6) is 6.26. The van der Waals surface area contributed by atoms with Crippen LogP contribution < -0.4 is 0 Å². The molecule has 168 valence electrons. The second-order valence-electron chi connectivity index (χ2n) is 12.6. The lowest BCUT2D eigenvalue weighted by molar-refractivity contribution is -0.213. The summed E-state index contributed by atoms with van der Waals surface area (Å²) >= 11 is 0. The Labute approximate surface area is 185 Å². The Kier molecular flexibility index (Phi) is 3.95. The number of carbonyl (C=O) groups is 2. The summed E-state index contributed by atoms with van der Waals surface area (Å²) < 4.78 is 12.0. The molecular weight excluding hydrogens is 388 g/mol. The first-order chi connectivity index (χ1) is 14.9. The fourth-order valence-corrected chi connectivity index (χ4v) is 10.2. The SMILES string of the molecule is CC(OC(=O)C1CC2CC1C1C3C=CC(C3)C21)C(=O)OC1(C)C2CC3CC(C2)CC1C3. The van der Waals surface area contributed by atoms with E-state index in [1.54, 1.807) is 6.92 Å². The molecule has 0 amide bonds. The zero-order valence-corrected chi connectivity index (χ0v) is 18.9. The van der Waals surface area contributed by atoms with Crippen LogP contribution in [0.5, 0.6) is 0 Å². The molecule has 4 nitrogen and oxygen atoms in total. The smallest absolute Gasteiger partial charge is 0.347 e. The minimum Gasteiger partial charge on any atom is -0.456 e. The second kappa shape index (κ2) is 6.38. The van der Waals surface area contributed by atoms with Crippen LogP contribution >= 0.6 is 0 Å². The maximum absolute atomic E-state index is 13.1. The van der Waals surface area contributed by atoms with E-state index in [1.807, 2.05) is 0 Å². The van der Waals surface area contributed by atoms with E-state index in [4.69, 9.17) is 9.47 Å². The standard InChI is InChI=1S/C27H36O4/c1-13(25(28)31-27(2)19-6-14-5-15(8-19)9-20(27)7-14)30-26(29)22-12-18-11-21(22)24-17-4-3-16(10-17)23(18)24/h3-4,13-24H,5-12H2,1-2H3. The first kappa shape index (κ1) is 19.2. The van der Waals surface area contributed by atoms with Crippen LogP contribution in [0, 0.1) is 65.1 Å². The summed E-state index contributed by atoms with van der Waals surface area (Å²) in [6, 6.07) is 0. The highest BCUT2D eigenvalue weighted by atomic mass is 16.6. The lowest BCUT2D eigenvalue weighted by atomic mass is 9.50. The van der Waals surface area contributed by atoms with Gasteiger partial charge in [-0.25, -0.2) is 4.79 Å². The Bertz CT molecular complexity index is 816. The van der Waals surface area contributed by atoms with Crippen molar-refractivity contribution in [3.63, 3.8) is 0 Å². The van der Waals surface area contributed by atoms with Crippen molar-refractivity contribution < 1.29 is 19.1 Å². The summed E-state index contributed by atoms with van der Waals surface area (Å²) in [4.78, 5) is 26.1. The molecule has 0 aromatic carbocycles. The topological polar surface area (TPSA) is 52.6 Å². The predicted octanol–water partition coefficient (Wildman–Crippen LogP) is 4.77. The molecule has 0 aliphatic heterocycles. The molecular formula is C27H36O4. The molecule has 7 fully saturated rings. The molecule has 8 atom stereocenters. The van der Waals surface area contributed by atoms with Crippen molar-refractivity contribution in [1.82, 2.24) is 0 Å². The van der Waals surface area contributed by atoms with Gasteiger partial charge in [-0.15, -0.1) is 0 Å². The maximum Gasteiger partial charge on any atom is 0.347 e. The number of rotatable bonds is 4. The molecule has 8 rings (SSSR count). The molecule has 8 unspecified atom stereocenters. The van der Waals surface area contributed by atoms with Crippen molar-refractivity contribution in [2.75, 3.05) is 0 Å². The first-order valence-corrected chi connectivity index (χ1v) is 13.0. The van der Waals surface area contributed by atoms with Gasteiger partial charge >= 0.3 is 11.9 Å². The van der Waals surface area contributed by atoms with Gasteiger partial charge in [0.25, 0.3) is 0 Å². The third kappa shape index (κ3) is 2.60. The molecule has 0 heterocycles. The zero-order valence-electron chi connectivity index (χ0n) is 18.9. The van der Waals surface area contributed by atoms with E-state index in [9.17, 15) is 9.59 Å². The number of carbonyl (C=O) groups excluding carboxylic acids is 2. The molecule has 8 aliphatic carbocycles. The van der Waals surface area contributed by atoms with E-state index in [0.29, 0.717) is 35.5 Å². The van der Waals surface area contributed by atoms with Crippen molar-refractivity contribution in [2.45, 2.75) is 76.9 Å². The monoisotopic (exact) mass is 424 g/mol. The second-order valence-corrected chi connectivity index (χ2v) is 12.6. The maximum atomic E-state index is 13.1. The van der Waals surface area contributed by atoms with Crippen LogP contribution in [0.3, 0.4) is 0 Å². The highest BCUT2D eigenvalue weighted by Gasteiger charge is 2.63. The highest BCUT2D eigenvalue weighted by molar-refractivity contribution is 5.81. The van der Waals surface area contributed by atoms with E-state index < -0.39 is 6.10 Å². The normalized spacial score (nSPS) is 55.5. The summed E-state index contributed by atoms with van der Waals surface area (Å²) in [6.45, 7) is 3.88. The zero-order chi connectivity index (χ0) is 21.1. The Morgan fingerprint density at radius 2 is 1.52 bits per heavy atom. The van der Waals surface area contributed by atoms with Crippen LogP contribution in [0.15, 0.2) is 12.2 Å². The Morgan fingerprint density at radius 1 is 0.871 bits per heavy atom. The van der Waals surface area contributed by atoms with E-state index in [0.717, 1.165) is 30.1 Å². The fraction of sp³-hybridized carbons (Fsp3) is 0.852. The average molecular weight is 425 g/mol. The Balaban J connectivity index is 1.00. The molecule has 0 radical (unpaired) electrons. The van der Waals surface area contributed by atoms with E-state index in [2.05, 4.69) is 19.1 Å². The molecule has 0 spiro atoms. The summed E-state index contributed by atoms with van der Waals surface area (Å²) in [7, 11) is 0. The van der Waals surface area contributed by atoms with Crippen molar-refractivity contribution in [3.05, 3.63) is 12.2 Å². The van der Waals surface area contributed by atoms with Crippen LogP contribution in [-0.2, 0) is 19.1 Å². The van der Waals surface area contributed by atoms with Gasteiger partial charge in [-0.3, -0.25) is 4.79 Å². The average Bonchev–Trinajstić information content (AvgIpc) is 3.50. The quantitative estimate of drug-likeness (QED) is 0.371. The molecule has 8 bridgehead atoms. The summed E-state index contributed by atoms with van der Waals surface area (Å²) in [5.41, 5.74) is -0.361. The number of allylic oxidation sites excluding steroid dienone is 2. The van der Waals surface area contributed by atoms with Crippen molar-refractivity contribution in [3.8, 4) is 0 Å². The van der Waals surface area contributed by atoms with Gasteiger partial charge in [0.1, 0.15) is 5.60 Å². The van der Waals surface area contributed by atoms with Crippen LogP contribution in [0.2, 0.25) is 0 Å². The molecule has 31 heavy (non-hydrogen) atoms. The number of esters is 2. The molecule has 0 N–H and O–H groups in total. The van der Waals surface area contributed by atoms with Gasteiger partial charge in [0.15, 0.2) is 6.10 Å². The largest absolute Gasteiger partial charge is 0.456 e. The molecule has 0 aromatic heterocycles. The fourth-order valence-electron chi connectivity index (χ4n) is 10.2. The Hall–Kier alpha value is -1.32. The van der Waals surface area contributed by atoms with Gasteiger partial charge in [0.2, 0.25) is 0 Å². The summed E-state index contributed by atoms with van der Waals surface area (Å²) in [5, 5.41) is 0. The first-order valence-electron chi connectivity index (χ1n) is 13.0. The minimum atomic E-state index is -0.795. The predicted molar refractivity (Wildman–Crippen MR) is 115 cm³/mol. The van der Waals surface area contributed by atoms with Crippen LogP contribution in [-0.4, -0.2) is 23.6 Å². The van der Waals surface area contributed by atoms with E-state index >= 15 is 0 Å². The number of hydrogen-bond acceptors (Lipinski definition) is 4. The molecule has 8 aliphatic rings. The molecule has 0 aromatic rings. The lowest BCUT2D eigenvalue weighted by Crippen LogP contribution is -2.58. The number of hydrogen-bond donors (Lipinski definition) is 0. The molecule has 7 saturated carbocycles. The Morgan fingerprint density at radius 3 is 2.19 bits per heavy atom. The number of ether oxygens (including phenoxy) is 2. The molecule has 0 saturated heterocycles. The van der Waals surface area contributed by atoms with Gasteiger partial charge in [-0.1, -0.05) is 12.2 Å². The lowest BCUT2D eigenvalue weighted by Gasteiger charge is -2.59. The van der Waals surface area contributed by atoms with Crippen molar-refractivity contribution >= 4 is 11.9 Å². The minimum absolute atomic E-state index is 0.00832. The van der Waals surface area contributed by atoms with E-state index in [-0.39, 0.29) is 23.5 Å². The van der Waals surface area contributed by atoms with Crippen molar-refractivity contribution in [2.24, 2.45) is 65.1 Å². The number of fused-ring (bicyclic) bond motifs is 9. The van der Waals surface area contributed by atoms with Crippen LogP contribution in [0.25, 0.3) is 0 Å². The van der Waals surface area contributed by atoms with Gasteiger partial charge in [0, 0.05) is 0 Å². The molecule has 4 heteroatoms. The van der Waals surface area contributed by atoms with Gasteiger partial charge < -0.3 is 9.47 Å². The van der Waals surface area contributed by atoms with Gasteiger partial charge in [-0.2, -0.15) is 0 Å². The van der Waals surface area contributed by atoms with Gasteiger partial charge in [-0.05, 0) is 124 Å².